The number of rotatable bonds is 2. The zero-order chi connectivity index (χ0) is 14.3. The van der Waals surface area contributed by atoms with E-state index >= 15 is 0 Å². The van der Waals surface area contributed by atoms with E-state index in [1.54, 1.807) is 17.4 Å². The van der Waals surface area contributed by atoms with E-state index in [2.05, 4.69) is 23.3 Å². The van der Waals surface area contributed by atoms with Gasteiger partial charge in [0.2, 0.25) is 0 Å². The maximum absolute atomic E-state index is 11.5. The van der Waals surface area contributed by atoms with Crippen molar-refractivity contribution in [3.63, 3.8) is 0 Å². The SMILES string of the molecule is Cc1ccc(C(=O)O)c(N2CCc3sccc3C2C)c1. The van der Waals surface area contributed by atoms with Gasteiger partial charge in [0.15, 0.2) is 0 Å². The second-order valence-electron chi connectivity index (χ2n) is 5.24. The largest absolute Gasteiger partial charge is 0.478 e. The number of aromatic carboxylic acids is 1. The Morgan fingerprint density at radius 3 is 2.95 bits per heavy atom. The highest BCUT2D eigenvalue weighted by molar-refractivity contribution is 7.10. The van der Waals surface area contributed by atoms with Crippen LogP contribution in [0.15, 0.2) is 29.6 Å². The molecule has 0 fully saturated rings. The van der Waals surface area contributed by atoms with Crippen molar-refractivity contribution in [1.82, 2.24) is 0 Å². The standard InChI is InChI=1S/C16H17NO2S/c1-10-3-4-13(16(18)19)14(9-10)17-7-5-15-12(11(17)2)6-8-20-15/h3-4,6,8-9,11H,5,7H2,1-2H3,(H,18,19). The lowest BCUT2D eigenvalue weighted by atomic mass is 9.98. The van der Waals surface area contributed by atoms with Crippen LogP contribution in [0.1, 0.15) is 39.3 Å². The molecule has 0 bridgehead atoms. The van der Waals surface area contributed by atoms with Crippen LogP contribution in [-0.2, 0) is 6.42 Å². The molecule has 1 aliphatic rings. The summed E-state index contributed by atoms with van der Waals surface area (Å²) in [7, 11) is 0. The van der Waals surface area contributed by atoms with Gasteiger partial charge >= 0.3 is 5.97 Å². The molecule has 3 nitrogen and oxygen atoms in total. The molecule has 1 aromatic heterocycles. The molecule has 0 saturated carbocycles. The summed E-state index contributed by atoms with van der Waals surface area (Å²) in [6.45, 7) is 5.02. The Kier molecular flexibility index (Phi) is 3.26. The molecule has 2 aromatic rings. The molecule has 0 radical (unpaired) electrons. The zero-order valence-electron chi connectivity index (χ0n) is 11.6. The highest BCUT2D eigenvalue weighted by Gasteiger charge is 2.27. The maximum Gasteiger partial charge on any atom is 0.337 e. The lowest BCUT2D eigenvalue weighted by molar-refractivity contribution is 0.0697. The van der Waals surface area contributed by atoms with Gasteiger partial charge in [-0.15, -0.1) is 11.3 Å². The van der Waals surface area contributed by atoms with E-state index in [0.717, 1.165) is 24.2 Å². The van der Waals surface area contributed by atoms with E-state index < -0.39 is 5.97 Å². The smallest absolute Gasteiger partial charge is 0.337 e. The summed E-state index contributed by atoms with van der Waals surface area (Å²) < 4.78 is 0. The molecule has 104 valence electrons. The van der Waals surface area contributed by atoms with Gasteiger partial charge in [-0.3, -0.25) is 0 Å². The third kappa shape index (κ3) is 2.10. The van der Waals surface area contributed by atoms with Gasteiger partial charge in [0.25, 0.3) is 0 Å². The van der Waals surface area contributed by atoms with E-state index in [0.29, 0.717) is 5.56 Å². The van der Waals surface area contributed by atoms with Crippen molar-refractivity contribution in [2.75, 3.05) is 11.4 Å². The number of aryl methyl sites for hydroxylation is 1. The van der Waals surface area contributed by atoms with E-state index in [9.17, 15) is 9.90 Å². The van der Waals surface area contributed by atoms with Gasteiger partial charge in [-0.1, -0.05) is 6.07 Å². The Morgan fingerprint density at radius 1 is 1.40 bits per heavy atom. The summed E-state index contributed by atoms with van der Waals surface area (Å²) in [5, 5.41) is 11.5. The van der Waals surface area contributed by atoms with Crippen LogP contribution >= 0.6 is 11.3 Å². The van der Waals surface area contributed by atoms with Crippen molar-refractivity contribution in [2.45, 2.75) is 26.3 Å². The number of hydrogen-bond acceptors (Lipinski definition) is 3. The third-order valence-electron chi connectivity index (χ3n) is 3.97. The Balaban J connectivity index is 2.06. The average Bonchev–Trinajstić information content (AvgIpc) is 2.88. The first-order chi connectivity index (χ1) is 9.58. The van der Waals surface area contributed by atoms with Gasteiger partial charge < -0.3 is 10.0 Å². The number of carboxylic acid groups (broad SMARTS) is 1. The normalized spacial score (nSPS) is 17.9. The summed E-state index contributed by atoms with van der Waals surface area (Å²) >= 11 is 1.80. The van der Waals surface area contributed by atoms with E-state index in [-0.39, 0.29) is 6.04 Å². The molecule has 2 heterocycles. The number of carbonyl (C=O) groups is 1. The van der Waals surface area contributed by atoms with Crippen molar-refractivity contribution in [2.24, 2.45) is 0 Å². The molecule has 1 aromatic carbocycles. The molecule has 1 atom stereocenters. The quantitative estimate of drug-likeness (QED) is 0.911. The van der Waals surface area contributed by atoms with Crippen molar-refractivity contribution in [3.05, 3.63) is 51.2 Å². The summed E-state index contributed by atoms with van der Waals surface area (Å²) in [4.78, 5) is 15.1. The van der Waals surface area contributed by atoms with E-state index in [1.165, 1.54) is 10.4 Å². The highest BCUT2D eigenvalue weighted by atomic mass is 32.1. The van der Waals surface area contributed by atoms with Crippen LogP contribution < -0.4 is 4.90 Å². The second kappa shape index (κ2) is 4.94. The third-order valence-corrected chi connectivity index (χ3v) is 4.97. The fourth-order valence-corrected chi connectivity index (χ4v) is 3.86. The monoisotopic (exact) mass is 287 g/mol. The summed E-state index contributed by atoms with van der Waals surface area (Å²) in [5.41, 5.74) is 3.65. The molecule has 0 saturated heterocycles. The lowest BCUT2D eigenvalue weighted by Crippen LogP contribution is -2.34. The topological polar surface area (TPSA) is 40.5 Å². The van der Waals surface area contributed by atoms with Crippen molar-refractivity contribution < 1.29 is 9.90 Å². The van der Waals surface area contributed by atoms with Crippen LogP contribution in [0.5, 0.6) is 0 Å². The number of carboxylic acids is 1. The Hall–Kier alpha value is -1.81. The number of fused-ring (bicyclic) bond motifs is 1. The molecule has 4 heteroatoms. The summed E-state index contributed by atoms with van der Waals surface area (Å²) in [6, 6.07) is 7.94. The molecule has 0 aliphatic carbocycles. The minimum absolute atomic E-state index is 0.227. The first-order valence-electron chi connectivity index (χ1n) is 6.75. The minimum Gasteiger partial charge on any atom is -0.478 e. The predicted octanol–water partition coefficient (Wildman–Crippen LogP) is 3.88. The minimum atomic E-state index is -0.858. The van der Waals surface area contributed by atoms with Gasteiger partial charge in [0.05, 0.1) is 17.3 Å². The number of nitrogens with zero attached hydrogens (tertiary/aromatic N) is 1. The molecular weight excluding hydrogens is 270 g/mol. The first-order valence-corrected chi connectivity index (χ1v) is 7.62. The van der Waals surface area contributed by atoms with Crippen LogP contribution in [0.4, 0.5) is 5.69 Å². The van der Waals surface area contributed by atoms with Gasteiger partial charge in [-0.2, -0.15) is 0 Å². The number of hydrogen-bond donors (Lipinski definition) is 1. The molecule has 3 rings (SSSR count). The van der Waals surface area contributed by atoms with E-state index in [1.807, 2.05) is 19.1 Å². The van der Waals surface area contributed by atoms with Crippen LogP contribution in [0, 0.1) is 6.92 Å². The number of thiophene rings is 1. The fourth-order valence-electron chi connectivity index (χ4n) is 2.90. The number of benzene rings is 1. The molecule has 0 spiro atoms. The molecule has 0 amide bonds. The molecule has 20 heavy (non-hydrogen) atoms. The first kappa shape index (κ1) is 13.2. The predicted molar refractivity (Wildman–Crippen MR) is 81.9 cm³/mol. The lowest BCUT2D eigenvalue weighted by Gasteiger charge is -2.36. The van der Waals surface area contributed by atoms with Gasteiger partial charge in [0, 0.05) is 11.4 Å². The Bertz CT molecular complexity index is 662. The van der Waals surface area contributed by atoms with Gasteiger partial charge in [-0.25, -0.2) is 4.79 Å². The van der Waals surface area contributed by atoms with E-state index in [4.69, 9.17) is 0 Å². The summed E-state index contributed by atoms with van der Waals surface area (Å²) in [6.07, 6.45) is 0.990. The maximum atomic E-state index is 11.5. The van der Waals surface area contributed by atoms with Crippen LogP contribution in [0.3, 0.4) is 0 Å². The van der Waals surface area contributed by atoms with Crippen LogP contribution in [-0.4, -0.2) is 17.6 Å². The molecule has 1 N–H and O–H groups in total. The molecular formula is C16H17NO2S. The average molecular weight is 287 g/mol. The van der Waals surface area contributed by atoms with Crippen molar-refractivity contribution >= 4 is 23.0 Å². The Labute approximate surface area is 122 Å². The summed E-state index contributed by atoms with van der Waals surface area (Å²) in [5.74, 6) is -0.858. The van der Waals surface area contributed by atoms with Crippen LogP contribution in [0.25, 0.3) is 0 Å². The molecule has 1 unspecified atom stereocenters. The Morgan fingerprint density at radius 2 is 2.20 bits per heavy atom. The highest BCUT2D eigenvalue weighted by Crippen LogP contribution is 2.37. The van der Waals surface area contributed by atoms with Gasteiger partial charge in [0.1, 0.15) is 0 Å². The van der Waals surface area contributed by atoms with Crippen molar-refractivity contribution in [1.29, 1.82) is 0 Å². The fraction of sp³-hybridized carbons (Fsp3) is 0.312. The van der Waals surface area contributed by atoms with Crippen molar-refractivity contribution in [3.8, 4) is 0 Å². The zero-order valence-corrected chi connectivity index (χ0v) is 12.4. The van der Waals surface area contributed by atoms with Gasteiger partial charge in [-0.05, 0) is 55.0 Å². The number of anilines is 1. The molecule has 1 aliphatic heterocycles. The van der Waals surface area contributed by atoms with Crippen LogP contribution in [0.2, 0.25) is 0 Å². The second-order valence-corrected chi connectivity index (χ2v) is 6.24.